The number of hydrogen-bond acceptors (Lipinski definition) is 3. The molecule has 1 atom stereocenters. The van der Waals surface area contributed by atoms with Crippen LogP contribution in [0.2, 0.25) is 0 Å². The van der Waals surface area contributed by atoms with Crippen molar-refractivity contribution < 1.29 is 14.6 Å². The van der Waals surface area contributed by atoms with Crippen molar-refractivity contribution >= 4 is 5.97 Å². The fraction of sp³-hybridized carbons (Fsp3) is 0.941. The van der Waals surface area contributed by atoms with Gasteiger partial charge in [0, 0.05) is 19.7 Å². The Morgan fingerprint density at radius 2 is 2.05 bits per heavy atom. The summed E-state index contributed by atoms with van der Waals surface area (Å²) in [5.74, 6) is 0.0884. The van der Waals surface area contributed by atoms with E-state index in [9.17, 15) is 9.90 Å². The second-order valence-corrected chi connectivity index (χ2v) is 7.14. The molecule has 0 aromatic carbocycles. The van der Waals surface area contributed by atoms with Crippen molar-refractivity contribution in [2.24, 2.45) is 11.3 Å². The van der Waals surface area contributed by atoms with Crippen molar-refractivity contribution in [1.82, 2.24) is 4.90 Å². The molecule has 2 aliphatic rings. The zero-order valence-corrected chi connectivity index (χ0v) is 13.6. The lowest BCUT2D eigenvalue weighted by molar-refractivity contribution is -0.154. The molecule has 4 heteroatoms. The molecule has 1 aliphatic carbocycles. The molecule has 0 amide bonds. The van der Waals surface area contributed by atoms with E-state index in [2.05, 4.69) is 18.7 Å². The molecule has 21 heavy (non-hydrogen) atoms. The van der Waals surface area contributed by atoms with Gasteiger partial charge in [-0.1, -0.05) is 13.8 Å². The van der Waals surface area contributed by atoms with Crippen LogP contribution in [0.5, 0.6) is 0 Å². The van der Waals surface area contributed by atoms with Gasteiger partial charge in [0.15, 0.2) is 0 Å². The molecule has 2 fully saturated rings. The van der Waals surface area contributed by atoms with Gasteiger partial charge in [0.2, 0.25) is 0 Å². The Hall–Kier alpha value is -0.610. The Labute approximate surface area is 128 Å². The lowest BCUT2D eigenvalue weighted by Gasteiger charge is -2.42. The minimum atomic E-state index is -0.592. The topological polar surface area (TPSA) is 49.8 Å². The SMILES string of the molecule is CCCOC1CCCN(CC2(C(=O)O)CCC(C)CC2)C1. The third kappa shape index (κ3) is 4.43. The molecule has 1 unspecified atom stereocenters. The lowest BCUT2D eigenvalue weighted by Crippen LogP contribution is -2.49. The van der Waals surface area contributed by atoms with Crippen molar-refractivity contribution in [3.8, 4) is 0 Å². The highest BCUT2D eigenvalue weighted by Crippen LogP contribution is 2.40. The predicted octanol–water partition coefficient (Wildman–Crippen LogP) is 3.16. The second-order valence-electron chi connectivity index (χ2n) is 7.14. The predicted molar refractivity (Wildman–Crippen MR) is 83.4 cm³/mol. The molecule has 1 heterocycles. The number of carbonyl (C=O) groups is 1. The van der Waals surface area contributed by atoms with Gasteiger partial charge in [0.1, 0.15) is 0 Å². The zero-order valence-electron chi connectivity index (χ0n) is 13.6. The molecular formula is C17H31NO3. The van der Waals surface area contributed by atoms with Crippen LogP contribution in [0.3, 0.4) is 0 Å². The Morgan fingerprint density at radius 3 is 2.67 bits per heavy atom. The van der Waals surface area contributed by atoms with E-state index in [1.165, 1.54) is 0 Å². The van der Waals surface area contributed by atoms with Crippen molar-refractivity contribution in [3.63, 3.8) is 0 Å². The summed E-state index contributed by atoms with van der Waals surface area (Å²) >= 11 is 0. The average molecular weight is 297 g/mol. The van der Waals surface area contributed by atoms with Crippen LogP contribution in [0.15, 0.2) is 0 Å². The van der Waals surface area contributed by atoms with Crippen LogP contribution in [0, 0.1) is 11.3 Å². The summed E-state index contributed by atoms with van der Waals surface area (Å²) in [5, 5.41) is 9.76. The summed E-state index contributed by atoms with van der Waals surface area (Å²) in [5.41, 5.74) is -0.515. The minimum absolute atomic E-state index is 0.298. The number of carboxylic acid groups (broad SMARTS) is 1. The molecule has 0 radical (unpaired) electrons. The fourth-order valence-electron chi connectivity index (χ4n) is 3.76. The summed E-state index contributed by atoms with van der Waals surface area (Å²) in [7, 11) is 0. The maximum absolute atomic E-state index is 11.9. The number of rotatable bonds is 6. The highest BCUT2D eigenvalue weighted by molar-refractivity contribution is 5.75. The van der Waals surface area contributed by atoms with Crippen LogP contribution in [0.1, 0.15) is 58.8 Å². The standard InChI is InChI=1S/C17H31NO3/c1-3-11-21-15-5-4-10-18(12-15)13-17(16(19)20)8-6-14(2)7-9-17/h14-15H,3-13H2,1-2H3,(H,19,20). The fourth-order valence-corrected chi connectivity index (χ4v) is 3.76. The average Bonchev–Trinajstić information content (AvgIpc) is 2.48. The summed E-state index contributed by atoms with van der Waals surface area (Å²) in [6.45, 7) is 7.83. The van der Waals surface area contributed by atoms with Gasteiger partial charge in [-0.05, 0) is 57.4 Å². The quantitative estimate of drug-likeness (QED) is 0.818. The van der Waals surface area contributed by atoms with Crippen molar-refractivity contribution in [2.45, 2.75) is 64.9 Å². The maximum Gasteiger partial charge on any atom is 0.310 e. The van der Waals surface area contributed by atoms with E-state index in [4.69, 9.17) is 4.74 Å². The summed E-state index contributed by atoms with van der Waals surface area (Å²) in [6.07, 6.45) is 7.36. The Kier molecular flexibility index (Phi) is 6.06. The van der Waals surface area contributed by atoms with Crippen LogP contribution in [-0.2, 0) is 9.53 Å². The summed E-state index contributed by atoms with van der Waals surface area (Å²) in [6, 6.07) is 0. The molecule has 0 aromatic rings. The molecule has 1 N–H and O–H groups in total. The van der Waals surface area contributed by atoms with Crippen LogP contribution in [-0.4, -0.2) is 48.3 Å². The first-order valence-electron chi connectivity index (χ1n) is 8.63. The molecule has 2 rings (SSSR count). The van der Waals surface area contributed by atoms with E-state index in [0.29, 0.717) is 18.6 Å². The van der Waals surface area contributed by atoms with Crippen LogP contribution in [0.4, 0.5) is 0 Å². The molecule has 0 aromatic heterocycles. The number of carboxylic acids is 1. The third-order valence-electron chi connectivity index (χ3n) is 5.23. The first kappa shape index (κ1) is 16.8. The van der Waals surface area contributed by atoms with Gasteiger partial charge in [-0.15, -0.1) is 0 Å². The molecule has 0 spiro atoms. The van der Waals surface area contributed by atoms with Gasteiger partial charge in [-0.3, -0.25) is 9.69 Å². The number of hydrogen-bond donors (Lipinski definition) is 1. The Bertz CT molecular complexity index is 337. The monoisotopic (exact) mass is 297 g/mol. The first-order chi connectivity index (χ1) is 10.1. The molecule has 122 valence electrons. The third-order valence-corrected chi connectivity index (χ3v) is 5.23. The first-order valence-corrected chi connectivity index (χ1v) is 8.63. The number of aliphatic carboxylic acids is 1. The van der Waals surface area contributed by atoms with Crippen LogP contribution in [0.25, 0.3) is 0 Å². The number of nitrogens with zero attached hydrogens (tertiary/aromatic N) is 1. The molecule has 1 saturated heterocycles. The van der Waals surface area contributed by atoms with Gasteiger partial charge in [-0.2, -0.15) is 0 Å². The largest absolute Gasteiger partial charge is 0.481 e. The summed E-state index contributed by atoms with van der Waals surface area (Å²) < 4.78 is 5.87. The van der Waals surface area contributed by atoms with Crippen molar-refractivity contribution in [3.05, 3.63) is 0 Å². The van der Waals surface area contributed by atoms with E-state index >= 15 is 0 Å². The van der Waals surface area contributed by atoms with E-state index < -0.39 is 11.4 Å². The Balaban J connectivity index is 1.92. The van der Waals surface area contributed by atoms with Crippen LogP contribution >= 0.6 is 0 Å². The second kappa shape index (κ2) is 7.59. The summed E-state index contributed by atoms with van der Waals surface area (Å²) in [4.78, 5) is 14.2. The lowest BCUT2D eigenvalue weighted by atomic mass is 9.70. The van der Waals surface area contributed by atoms with Gasteiger partial charge < -0.3 is 9.84 Å². The van der Waals surface area contributed by atoms with Gasteiger partial charge in [0.05, 0.1) is 11.5 Å². The molecule has 1 saturated carbocycles. The van der Waals surface area contributed by atoms with E-state index in [-0.39, 0.29) is 0 Å². The number of piperidine rings is 1. The molecule has 0 bridgehead atoms. The van der Waals surface area contributed by atoms with Gasteiger partial charge in [-0.25, -0.2) is 0 Å². The zero-order chi connectivity index (χ0) is 15.3. The molecule has 1 aliphatic heterocycles. The van der Waals surface area contributed by atoms with Gasteiger partial charge in [0.25, 0.3) is 0 Å². The highest BCUT2D eigenvalue weighted by Gasteiger charge is 2.43. The van der Waals surface area contributed by atoms with E-state index in [1.54, 1.807) is 0 Å². The molecular weight excluding hydrogens is 266 g/mol. The normalized spacial score (nSPS) is 34.8. The maximum atomic E-state index is 11.9. The Morgan fingerprint density at radius 1 is 1.33 bits per heavy atom. The minimum Gasteiger partial charge on any atom is -0.481 e. The van der Waals surface area contributed by atoms with Crippen molar-refractivity contribution in [1.29, 1.82) is 0 Å². The highest BCUT2D eigenvalue weighted by atomic mass is 16.5. The number of ether oxygens (including phenoxy) is 1. The van der Waals surface area contributed by atoms with Crippen LogP contribution < -0.4 is 0 Å². The smallest absolute Gasteiger partial charge is 0.310 e. The van der Waals surface area contributed by atoms with Gasteiger partial charge >= 0.3 is 5.97 Å². The van der Waals surface area contributed by atoms with Crippen molar-refractivity contribution in [2.75, 3.05) is 26.2 Å². The number of likely N-dealkylation sites (tertiary alicyclic amines) is 1. The molecule has 4 nitrogen and oxygen atoms in total. The van der Waals surface area contributed by atoms with E-state index in [1.807, 2.05) is 0 Å². The van der Waals surface area contributed by atoms with E-state index in [0.717, 1.165) is 64.6 Å².